The summed E-state index contributed by atoms with van der Waals surface area (Å²) in [4.78, 5) is 0. The van der Waals surface area contributed by atoms with Crippen LogP contribution >= 0.6 is 28.3 Å². The zero-order valence-corrected chi connectivity index (χ0v) is 14.1. The summed E-state index contributed by atoms with van der Waals surface area (Å²) in [5, 5.41) is 10.3. The average Bonchev–Trinajstić information content (AvgIpc) is 2.47. The van der Waals surface area contributed by atoms with Crippen molar-refractivity contribution in [2.45, 2.75) is 18.6 Å². The van der Waals surface area contributed by atoms with Gasteiger partial charge < -0.3 is 15.6 Å². The summed E-state index contributed by atoms with van der Waals surface area (Å²) < 4.78 is 6.22. The summed E-state index contributed by atoms with van der Waals surface area (Å²) in [7, 11) is 1.60. The van der Waals surface area contributed by atoms with Crippen LogP contribution in [0, 0.1) is 0 Å². The fraction of sp³-hybridized carbons (Fsp3) is 0.250. The first kappa shape index (κ1) is 18.0. The van der Waals surface area contributed by atoms with Crippen LogP contribution in [0.25, 0.3) is 0 Å². The molecule has 2 aromatic carbocycles. The number of aliphatic hydroxyl groups excluding tert-OH is 1. The molecule has 0 aliphatic rings. The van der Waals surface area contributed by atoms with Crippen molar-refractivity contribution in [3.05, 3.63) is 64.1 Å². The van der Waals surface area contributed by atoms with Crippen LogP contribution in [0.3, 0.4) is 0 Å². The quantitative estimate of drug-likeness (QED) is 0.845. The van der Waals surface area contributed by atoms with Gasteiger partial charge in [-0.25, -0.2) is 0 Å². The lowest BCUT2D eigenvalue weighted by molar-refractivity contribution is 0.143. The lowest BCUT2D eigenvalue weighted by Gasteiger charge is -2.21. The number of ether oxygens (including phenoxy) is 1. The van der Waals surface area contributed by atoms with Gasteiger partial charge in [0, 0.05) is 16.5 Å². The van der Waals surface area contributed by atoms with Crippen LogP contribution in [-0.4, -0.2) is 18.3 Å². The van der Waals surface area contributed by atoms with E-state index in [1.54, 1.807) is 7.11 Å². The third-order valence-electron chi connectivity index (χ3n) is 3.25. The Hall–Kier alpha value is -1.07. The van der Waals surface area contributed by atoms with Crippen molar-refractivity contribution in [1.82, 2.24) is 0 Å². The van der Waals surface area contributed by atoms with Crippen molar-refractivity contribution < 1.29 is 9.84 Å². The summed E-state index contributed by atoms with van der Waals surface area (Å²) in [6.45, 7) is 0. The monoisotopic (exact) mass is 371 g/mol. The predicted octanol–water partition coefficient (Wildman–Crippen LogP) is 3.48. The second-order valence-corrected chi connectivity index (χ2v) is 5.58. The molecular formula is C16H19BrClNO2. The molecular weight excluding hydrogens is 354 g/mol. The highest BCUT2D eigenvalue weighted by atomic mass is 79.9. The second kappa shape index (κ2) is 8.39. The summed E-state index contributed by atoms with van der Waals surface area (Å²) in [6.07, 6.45) is -0.155. The zero-order valence-electron chi connectivity index (χ0n) is 11.7. The Kier molecular flexibility index (Phi) is 7.18. The topological polar surface area (TPSA) is 55.5 Å². The van der Waals surface area contributed by atoms with Crippen molar-refractivity contribution in [2.75, 3.05) is 7.11 Å². The molecule has 0 aliphatic heterocycles. The van der Waals surface area contributed by atoms with E-state index in [4.69, 9.17) is 10.5 Å². The van der Waals surface area contributed by atoms with E-state index in [2.05, 4.69) is 15.9 Å². The number of benzene rings is 2. The summed E-state index contributed by atoms with van der Waals surface area (Å²) in [5.74, 6) is 0.688. The molecule has 0 saturated carbocycles. The summed E-state index contributed by atoms with van der Waals surface area (Å²) in [6, 6.07) is 14.9. The molecule has 0 saturated heterocycles. The van der Waals surface area contributed by atoms with Crippen LogP contribution in [0.1, 0.15) is 17.2 Å². The van der Waals surface area contributed by atoms with E-state index in [9.17, 15) is 5.11 Å². The largest absolute Gasteiger partial charge is 0.496 e. The second-order valence-electron chi connectivity index (χ2n) is 4.67. The maximum atomic E-state index is 10.3. The molecule has 3 N–H and O–H groups in total. The Morgan fingerprint density at radius 1 is 1.19 bits per heavy atom. The van der Waals surface area contributed by atoms with E-state index in [-0.39, 0.29) is 12.4 Å². The van der Waals surface area contributed by atoms with Crippen LogP contribution in [0.15, 0.2) is 53.0 Å². The van der Waals surface area contributed by atoms with E-state index in [0.717, 1.165) is 15.6 Å². The molecule has 0 radical (unpaired) electrons. The Morgan fingerprint density at radius 3 is 2.48 bits per heavy atom. The number of rotatable bonds is 5. The smallest absolute Gasteiger partial charge is 0.123 e. The van der Waals surface area contributed by atoms with Crippen molar-refractivity contribution in [2.24, 2.45) is 5.73 Å². The number of aliphatic hydroxyl groups is 1. The molecule has 0 spiro atoms. The van der Waals surface area contributed by atoms with E-state index in [1.807, 2.05) is 48.5 Å². The van der Waals surface area contributed by atoms with E-state index in [0.29, 0.717) is 12.2 Å². The Bertz CT molecular complexity index is 565. The number of halogens is 2. The van der Waals surface area contributed by atoms with Gasteiger partial charge in [-0.3, -0.25) is 0 Å². The maximum Gasteiger partial charge on any atom is 0.123 e. The van der Waals surface area contributed by atoms with Gasteiger partial charge in [-0.15, -0.1) is 12.4 Å². The van der Waals surface area contributed by atoms with E-state index in [1.165, 1.54) is 0 Å². The normalized spacial score (nSPS) is 13.1. The maximum absolute atomic E-state index is 10.3. The molecule has 5 heteroatoms. The highest BCUT2D eigenvalue weighted by Crippen LogP contribution is 2.29. The molecule has 3 nitrogen and oxygen atoms in total. The lowest BCUT2D eigenvalue weighted by atomic mass is 9.96. The molecule has 2 rings (SSSR count). The molecule has 0 heterocycles. The minimum absolute atomic E-state index is 0. The molecule has 114 valence electrons. The highest BCUT2D eigenvalue weighted by Gasteiger charge is 2.21. The first-order chi connectivity index (χ1) is 9.61. The van der Waals surface area contributed by atoms with Crippen LogP contribution in [0.5, 0.6) is 5.75 Å². The molecule has 0 aromatic heterocycles. The molecule has 21 heavy (non-hydrogen) atoms. The predicted molar refractivity (Wildman–Crippen MR) is 91.0 cm³/mol. The highest BCUT2D eigenvalue weighted by molar-refractivity contribution is 9.10. The lowest BCUT2D eigenvalue weighted by Crippen LogP contribution is -2.28. The van der Waals surface area contributed by atoms with Gasteiger partial charge in [-0.05, 0) is 23.8 Å². The van der Waals surface area contributed by atoms with E-state index < -0.39 is 12.1 Å². The molecule has 0 amide bonds. The van der Waals surface area contributed by atoms with Crippen molar-refractivity contribution in [1.29, 1.82) is 0 Å². The number of hydrogen-bond acceptors (Lipinski definition) is 3. The molecule has 0 fully saturated rings. The van der Waals surface area contributed by atoms with Gasteiger partial charge in [-0.1, -0.05) is 46.3 Å². The van der Waals surface area contributed by atoms with Gasteiger partial charge in [0.05, 0.1) is 19.3 Å². The summed E-state index contributed by atoms with van der Waals surface area (Å²) in [5.41, 5.74) is 8.04. The minimum atomic E-state index is -0.666. The summed E-state index contributed by atoms with van der Waals surface area (Å²) >= 11 is 3.42. The number of nitrogens with two attached hydrogens (primary N) is 1. The van der Waals surface area contributed by atoms with Gasteiger partial charge in [0.2, 0.25) is 0 Å². The fourth-order valence-corrected chi connectivity index (χ4v) is 2.53. The Labute approximate surface area is 139 Å². The van der Waals surface area contributed by atoms with Gasteiger partial charge in [0.15, 0.2) is 0 Å². The van der Waals surface area contributed by atoms with Gasteiger partial charge >= 0.3 is 0 Å². The van der Waals surface area contributed by atoms with Crippen molar-refractivity contribution in [3.63, 3.8) is 0 Å². The Balaban J connectivity index is 0.00000220. The Morgan fingerprint density at radius 2 is 1.86 bits per heavy atom. The third kappa shape index (κ3) is 4.71. The molecule has 2 atom stereocenters. The molecule has 0 unspecified atom stereocenters. The number of hydrogen-bond donors (Lipinski definition) is 2. The third-order valence-corrected chi connectivity index (χ3v) is 3.75. The van der Waals surface area contributed by atoms with Gasteiger partial charge in [0.25, 0.3) is 0 Å². The standard InChI is InChI=1S/C16H18BrNO2.ClH/c1-20-15-8-7-12(17)10-13(15)16(18)14(19)9-11-5-3-2-4-6-11;/h2-8,10,14,16,19H,9,18H2,1H3;1H/t14-,16+;/m0./s1. The first-order valence-electron chi connectivity index (χ1n) is 6.43. The van der Waals surface area contributed by atoms with Crippen LogP contribution in [0.2, 0.25) is 0 Å². The van der Waals surface area contributed by atoms with Crippen LogP contribution < -0.4 is 10.5 Å². The molecule has 2 aromatic rings. The van der Waals surface area contributed by atoms with Gasteiger partial charge in [0.1, 0.15) is 5.75 Å². The van der Waals surface area contributed by atoms with Crippen LogP contribution in [-0.2, 0) is 6.42 Å². The van der Waals surface area contributed by atoms with Crippen molar-refractivity contribution >= 4 is 28.3 Å². The van der Waals surface area contributed by atoms with E-state index >= 15 is 0 Å². The zero-order chi connectivity index (χ0) is 14.5. The fourth-order valence-electron chi connectivity index (χ4n) is 2.16. The van der Waals surface area contributed by atoms with Crippen LogP contribution in [0.4, 0.5) is 0 Å². The number of methoxy groups -OCH3 is 1. The SMILES string of the molecule is COc1ccc(Br)cc1[C@@H](N)[C@@H](O)Cc1ccccc1.Cl. The average molecular weight is 373 g/mol. The first-order valence-corrected chi connectivity index (χ1v) is 7.22. The molecule has 0 bridgehead atoms. The van der Waals surface area contributed by atoms with Gasteiger partial charge in [-0.2, -0.15) is 0 Å². The minimum Gasteiger partial charge on any atom is -0.496 e. The van der Waals surface area contributed by atoms with Crippen molar-refractivity contribution in [3.8, 4) is 5.75 Å². The molecule has 0 aliphatic carbocycles.